The zero-order chi connectivity index (χ0) is 21.0. The van der Waals surface area contributed by atoms with Crippen molar-refractivity contribution in [3.05, 3.63) is 114 Å². The molecule has 31 heavy (non-hydrogen) atoms. The van der Waals surface area contributed by atoms with Gasteiger partial charge in [-0.3, -0.25) is 0 Å². The van der Waals surface area contributed by atoms with Gasteiger partial charge in [0.05, 0.1) is 5.92 Å². The summed E-state index contributed by atoms with van der Waals surface area (Å²) < 4.78 is 11.1. The third-order valence-corrected chi connectivity index (χ3v) is 5.58. The summed E-state index contributed by atoms with van der Waals surface area (Å²) in [6.45, 7) is 0.201. The molecule has 4 heteroatoms. The van der Waals surface area contributed by atoms with Gasteiger partial charge >= 0.3 is 0 Å². The highest BCUT2D eigenvalue weighted by atomic mass is 16.7. The number of nitrogens with one attached hydrogen (secondary N) is 2. The lowest BCUT2D eigenvalue weighted by Gasteiger charge is -2.21. The molecule has 2 aromatic heterocycles. The van der Waals surface area contributed by atoms with Gasteiger partial charge in [-0.25, -0.2) is 0 Å². The Labute approximate surface area is 181 Å². The van der Waals surface area contributed by atoms with Crippen molar-refractivity contribution < 1.29 is 9.47 Å². The van der Waals surface area contributed by atoms with E-state index in [1.54, 1.807) is 7.11 Å². The molecule has 3 aromatic carbocycles. The van der Waals surface area contributed by atoms with E-state index in [0.29, 0.717) is 0 Å². The molecule has 1 unspecified atom stereocenters. The van der Waals surface area contributed by atoms with E-state index in [0.717, 1.165) is 28.2 Å². The molecule has 1 atom stereocenters. The second-order valence-corrected chi connectivity index (χ2v) is 7.47. The number of hydrogen-bond donors (Lipinski definition) is 2. The highest BCUT2D eigenvalue weighted by Gasteiger charge is 2.27. The van der Waals surface area contributed by atoms with Crippen molar-refractivity contribution in [1.29, 1.82) is 0 Å². The van der Waals surface area contributed by atoms with Crippen molar-refractivity contribution >= 4 is 10.9 Å². The van der Waals surface area contributed by atoms with Crippen molar-refractivity contribution in [3.8, 4) is 16.9 Å². The van der Waals surface area contributed by atoms with Crippen LogP contribution in [-0.2, 0) is 4.74 Å². The molecule has 0 bridgehead atoms. The SMILES string of the molecule is COCOc1ccccc1C(c1ccc[nH]1)c1[nH]c2ccccc2c1-c1ccccc1. The van der Waals surface area contributed by atoms with Crippen LogP contribution in [-0.4, -0.2) is 23.9 Å². The fourth-order valence-corrected chi connectivity index (χ4v) is 4.27. The first-order valence-corrected chi connectivity index (χ1v) is 10.4. The van der Waals surface area contributed by atoms with Gasteiger partial charge in [0.15, 0.2) is 6.79 Å². The van der Waals surface area contributed by atoms with E-state index < -0.39 is 0 Å². The Hall–Kier alpha value is -3.76. The van der Waals surface area contributed by atoms with Crippen molar-refractivity contribution in [2.24, 2.45) is 0 Å². The van der Waals surface area contributed by atoms with Crippen molar-refractivity contribution in [2.75, 3.05) is 13.9 Å². The maximum atomic E-state index is 5.96. The zero-order valence-electron chi connectivity index (χ0n) is 17.3. The molecule has 0 saturated carbocycles. The Morgan fingerprint density at radius 2 is 1.58 bits per heavy atom. The highest BCUT2D eigenvalue weighted by molar-refractivity contribution is 5.98. The fourth-order valence-electron chi connectivity index (χ4n) is 4.27. The molecule has 154 valence electrons. The van der Waals surface area contributed by atoms with E-state index in [-0.39, 0.29) is 12.7 Å². The molecule has 4 nitrogen and oxygen atoms in total. The predicted octanol–water partition coefficient (Wildman–Crippen LogP) is 6.33. The average molecular weight is 409 g/mol. The number of hydrogen-bond acceptors (Lipinski definition) is 2. The lowest BCUT2D eigenvalue weighted by molar-refractivity contribution is 0.0503. The summed E-state index contributed by atoms with van der Waals surface area (Å²) in [6.07, 6.45) is 1.96. The summed E-state index contributed by atoms with van der Waals surface area (Å²) in [5.74, 6) is 0.743. The molecule has 0 aliphatic heterocycles. The van der Waals surface area contributed by atoms with E-state index in [1.165, 1.54) is 16.5 Å². The lowest BCUT2D eigenvalue weighted by atomic mass is 9.87. The van der Waals surface area contributed by atoms with Crippen LogP contribution >= 0.6 is 0 Å². The van der Waals surface area contributed by atoms with E-state index in [2.05, 4.69) is 76.7 Å². The molecule has 5 aromatic rings. The number of H-pyrrole nitrogens is 2. The minimum absolute atomic E-state index is 0.0642. The van der Waals surface area contributed by atoms with Crippen LogP contribution in [0.15, 0.2) is 97.2 Å². The second-order valence-electron chi connectivity index (χ2n) is 7.47. The number of methoxy groups -OCH3 is 1. The first kappa shape index (κ1) is 19.2. The van der Waals surface area contributed by atoms with Crippen molar-refractivity contribution in [3.63, 3.8) is 0 Å². The Morgan fingerprint density at radius 1 is 0.806 bits per heavy atom. The van der Waals surface area contributed by atoms with Gasteiger partial charge in [0.25, 0.3) is 0 Å². The molecule has 5 rings (SSSR count). The van der Waals surface area contributed by atoms with E-state index in [9.17, 15) is 0 Å². The van der Waals surface area contributed by atoms with Crippen LogP contribution < -0.4 is 4.74 Å². The van der Waals surface area contributed by atoms with Gasteiger partial charge in [0, 0.05) is 46.7 Å². The summed E-state index contributed by atoms with van der Waals surface area (Å²) in [5, 5.41) is 1.20. The molecule has 0 saturated heterocycles. The number of fused-ring (bicyclic) bond motifs is 1. The molecule has 0 aliphatic rings. The molecule has 0 radical (unpaired) electrons. The maximum Gasteiger partial charge on any atom is 0.188 e. The molecular formula is C27H24N2O2. The zero-order valence-corrected chi connectivity index (χ0v) is 17.3. The van der Waals surface area contributed by atoms with Gasteiger partial charge in [-0.15, -0.1) is 0 Å². The predicted molar refractivity (Wildman–Crippen MR) is 124 cm³/mol. The third-order valence-electron chi connectivity index (χ3n) is 5.58. The quantitative estimate of drug-likeness (QED) is 0.309. The van der Waals surface area contributed by atoms with Gasteiger partial charge in [-0.05, 0) is 29.8 Å². The van der Waals surface area contributed by atoms with Gasteiger partial charge in [-0.1, -0.05) is 66.7 Å². The number of rotatable bonds is 7. The van der Waals surface area contributed by atoms with Crippen molar-refractivity contribution in [1.82, 2.24) is 9.97 Å². The fraction of sp³-hybridized carbons (Fsp3) is 0.111. The van der Waals surface area contributed by atoms with Gasteiger partial charge < -0.3 is 19.4 Å². The first-order valence-electron chi connectivity index (χ1n) is 10.4. The molecule has 0 aliphatic carbocycles. The van der Waals surface area contributed by atoms with Crippen LogP contribution in [0.25, 0.3) is 22.0 Å². The Bertz CT molecular complexity index is 1270. The summed E-state index contributed by atoms with van der Waals surface area (Å²) in [4.78, 5) is 7.16. The van der Waals surface area contributed by atoms with E-state index in [1.807, 2.05) is 30.5 Å². The summed E-state index contributed by atoms with van der Waals surface area (Å²) in [7, 11) is 1.64. The van der Waals surface area contributed by atoms with Crippen molar-refractivity contribution in [2.45, 2.75) is 5.92 Å². The lowest BCUT2D eigenvalue weighted by Crippen LogP contribution is -2.09. The number of aromatic nitrogens is 2. The van der Waals surface area contributed by atoms with Crippen LogP contribution in [0, 0.1) is 0 Å². The standard InChI is InChI=1S/C27H24N2O2/c1-30-18-31-24-16-8-6-13-21(24)26(23-15-9-17-28-23)27-25(19-10-3-2-4-11-19)20-12-5-7-14-22(20)29-27/h2-17,26,28-29H,18H2,1H3. The Kier molecular flexibility index (Phi) is 5.29. The Morgan fingerprint density at radius 3 is 2.39 bits per heavy atom. The first-order chi connectivity index (χ1) is 15.4. The third kappa shape index (κ3) is 3.62. The number of benzene rings is 3. The van der Waals surface area contributed by atoms with Gasteiger partial charge in [0.2, 0.25) is 0 Å². The largest absolute Gasteiger partial charge is 0.467 e. The summed E-state index contributed by atoms with van der Waals surface area (Å²) >= 11 is 0. The number of para-hydroxylation sites is 2. The molecule has 0 spiro atoms. The van der Waals surface area contributed by atoms with Crippen LogP contribution in [0.1, 0.15) is 22.9 Å². The van der Waals surface area contributed by atoms with Crippen LogP contribution in [0.5, 0.6) is 5.75 Å². The average Bonchev–Trinajstić information content (AvgIpc) is 3.48. The van der Waals surface area contributed by atoms with E-state index in [4.69, 9.17) is 9.47 Å². The molecule has 0 fully saturated rings. The van der Waals surface area contributed by atoms with Crippen LogP contribution in [0.4, 0.5) is 0 Å². The smallest absolute Gasteiger partial charge is 0.188 e. The highest BCUT2D eigenvalue weighted by Crippen LogP contribution is 2.43. The molecular weight excluding hydrogens is 384 g/mol. The van der Waals surface area contributed by atoms with Gasteiger partial charge in [0.1, 0.15) is 5.75 Å². The molecule has 0 amide bonds. The molecule has 2 heterocycles. The minimum Gasteiger partial charge on any atom is -0.467 e. The minimum atomic E-state index is -0.0642. The maximum absolute atomic E-state index is 5.96. The monoisotopic (exact) mass is 408 g/mol. The number of ether oxygens (including phenoxy) is 2. The number of aromatic amines is 2. The summed E-state index contributed by atoms with van der Waals surface area (Å²) in [5.41, 5.74) is 6.80. The topological polar surface area (TPSA) is 50.0 Å². The normalized spacial score (nSPS) is 12.2. The second kappa shape index (κ2) is 8.54. The Balaban J connectivity index is 1.78. The van der Waals surface area contributed by atoms with E-state index >= 15 is 0 Å². The van der Waals surface area contributed by atoms with Crippen LogP contribution in [0.3, 0.4) is 0 Å². The molecule has 2 N–H and O–H groups in total. The van der Waals surface area contributed by atoms with Gasteiger partial charge in [-0.2, -0.15) is 0 Å². The van der Waals surface area contributed by atoms with Crippen LogP contribution in [0.2, 0.25) is 0 Å². The summed E-state index contributed by atoms with van der Waals surface area (Å²) in [6, 6.07) is 31.3.